The molecule has 1 amide bonds. The van der Waals surface area contributed by atoms with Crippen LogP contribution in [0.1, 0.15) is 32.1 Å². The summed E-state index contributed by atoms with van der Waals surface area (Å²) in [4.78, 5) is 14.5. The van der Waals surface area contributed by atoms with Gasteiger partial charge in [-0.25, -0.2) is 0 Å². The zero-order valence-electron chi connectivity index (χ0n) is 11.9. The molecule has 108 valence electrons. The predicted molar refractivity (Wildman–Crippen MR) is 82.2 cm³/mol. The first-order valence-corrected chi connectivity index (χ1v) is 7.72. The molecule has 0 radical (unpaired) electrons. The van der Waals surface area contributed by atoms with Crippen molar-refractivity contribution in [3.05, 3.63) is 24.3 Å². The highest BCUT2D eigenvalue weighted by molar-refractivity contribution is 5.95. The monoisotopic (exact) mass is 273 g/mol. The van der Waals surface area contributed by atoms with E-state index in [4.69, 9.17) is 0 Å². The van der Waals surface area contributed by atoms with Crippen molar-refractivity contribution in [1.82, 2.24) is 5.32 Å². The first-order valence-electron chi connectivity index (χ1n) is 7.72. The molecule has 2 aliphatic rings. The molecule has 0 aliphatic carbocycles. The van der Waals surface area contributed by atoms with Crippen molar-refractivity contribution in [2.24, 2.45) is 0 Å². The van der Waals surface area contributed by atoms with Gasteiger partial charge in [0.1, 0.15) is 0 Å². The lowest BCUT2D eigenvalue weighted by molar-refractivity contribution is -0.117. The number of piperidine rings is 1. The Morgan fingerprint density at radius 2 is 2.05 bits per heavy atom. The fraction of sp³-hybridized carbons (Fsp3) is 0.562. The van der Waals surface area contributed by atoms with Crippen LogP contribution >= 0.6 is 0 Å². The molecule has 2 saturated heterocycles. The van der Waals surface area contributed by atoms with Gasteiger partial charge in [0.25, 0.3) is 0 Å². The predicted octanol–water partition coefficient (Wildman–Crippen LogP) is 2.37. The van der Waals surface area contributed by atoms with E-state index in [0.717, 1.165) is 38.2 Å². The van der Waals surface area contributed by atoms with Crippen LogP contribution in [0.4, 0.5) is 11.4 Å². The molecule has 0 spiro atoms. The number of nitrogens with one attached hydrogen (secondary N) is 2. The Kier molecular flexibility index (Phi) is 4.21. The van der Waals surface area contributed by atoms with Crippen LogP contribution in [0.5, 0.6) is 0 Å². The smallest absolute Gasteiger partial charge is 0.241 e. The number of hydrogen-bond donors (Lipinski definition) is 2. The first-order chi connectivity index (χ1) is 9.83. The average Bonchev–Trinajstić information content (AvgIpc) is 3.03. The molecule has 4 nitrogen and oxygen atoms in total. The van der Waals surface area contributed by atoms with Crippen LogP contribution < -0.4 is 15.5 Å². The molecule has 1 aromatic carbocycles. The van der Waals surface area contributed by atoms with E-state index < -0.39 is 0 Å². The Morgan fingerprint density at radius 3 is 2.80 bits per heavy atom. The molecule has 2 fully saturated rings. The van der Waals surface area contributed by atoms with Crippen LogP contribution in [0, 0.1) is 0 Å². The van der Waals surface area contributed by atoms with Crippen molar-refractivity contribution in [2.75, 3.05) is 29.9 Å². The number of hydrogen-bond acceptors (Lipinski definition) is 3. The van der Waals surface area contributed by atoms with Crippen molar-refractivity contribution >= 4 is 17.3 Å². The van der Waals surface area contributed by atoms with Gasteiger partial charge in [-0.2, -0.15) is 0 Å². The lowest BCUT2D eigenvalue weighted by atomic mass is 10.1. The molecule has 1 aromatic rings. The molecule has 2 aliphatic heterocycles. The third kappa shape index (κ3) is 3.12. The van der Waals surface area contributed by atoms with E-state index in [1.165, 1.54) is 24.9 Å². The third-order valence-corrected chi connectivity index (χ3v) is 4.21. The quantitative estimate of drug-likeness (QED) is 0.888. The number of carbonyl (C=O) groups excluding carboxylic acids is 1. The van der Waals surface area contributed by atoms with Crippen LogP contribution in [0.3, 0.4) is 0 Å². The summed E-state index contributed by atoms with van der Waals surface area (Å²) in [6, 6.07) is 8.21. The Balaban J connectivity index is 1.65. The van der Waals surface area contributed by atoms with Crippen LogP contribution in [0.2, 0.25) is 0 Å². The van der Waals surface area contributed by atoms with Gasteiger partial charge in [-0.05, 0) is 56.8 Å². The Bertz CT molecular complexity index is 463. The maximum Gasteiger partial charge on any atom is 0.241 e. The SMILES string of the molecule is O=C(Nc1cccc(N2CCCCC2)c1)[C@@H]1CCCN1. The van der Waals surface area contributed by atoms with Crippen molar-refractivity contribution in [2.45, 2.75) is 38.1 Å². The Hall–Kier alpha value is -1.55. The largest absolute Gasteiger partial charge is 0.371 e. The second-order valence-corrected chi connectivity index (χ2v) is 5.74. The number of nitrogens with zero attached hydrogens (tertiary/aromatic N) is 1. The highest BCUT2D eigenvalue weighted by Gasteiger charge is 2.22. The Morgan fingerprint density at radius 1 is 1.20 bits per heavy atom. The summed E-state index contributed by atoms with van der Waals surface area (Å²) in [5, 5.41) is 6.27. The zero-order chi connectivity index (χ0) is 13.8. The molecule has 4 heteroatoms. The molecular weight excluding hydrogens is 250 g/mol. The maximum absolute atomic E-state index is 12.1. The summed E-state index contributed by atoms with van der Waals surface area (Å²) in [6.45, 7) is 3.20. The van der Waals surface area contributed by atoms with Gasteiger partial charge in [-0.15, -0.1) is 0 Å². The molecule has 3 rings (SSSR count). The topological polar surface area (TPSA) is 44.4 Å². The van der Waals surface area contributed by atoms with Gasteiger partial charge in [0, 0.05) is 24.5 Å². The van der Waals surface area contributed by atoms with Crippen molar-refractivity contribution in [3.8, 4) is 0 Å². The van der Waals surface area contributed by atoms with Gasteiger partial charge in [-0.3, -0.25) is 4.79 Å². The normalized spacial score (nSPS) is 22.8. The number of anilines is 2. The maximum atomic E-state index is 12.1. The molecule has 0 bridgehead atoms. The molecule has 20 heavy (non-hydrogen) atoms. The Labute approximate surface area is 120 Å². The lowest BCUT2D eigenvalue weighted by Gasteiger charge is -2.29. The molecular formula is C16H23N3O. The molecule has 0 unspecified atom stereocenters. The molecule has 2 N–H and O–H groups in total. The van der Waals surface area contributed by atoms with Crippen LogP contribution in [0.15, 0.2) is 24.3 Å². The van der Waals surface area contributed by atoms with E-state index in [2.05, 4.69) is 27.7 Å². The summed E-state index contributed by atoms with van der Waals surface area (Å²) in [6.07, 6.45) is 5.90. The minimum Gasteiger partial charge on any atom is -0.371 e. The molecule has 0 saturated carbocycles. The van der Waals surface area contributed by atoms with Gasteiger partial charge in [0.2, 0.25) is 5.91 Å². The molecule has 1 atom stereocenters. The second-order valence-electron chi connectivity index (χ2n) is 5.74. The molecule has 0 aromatic heterocycles. The van der Waals surface area contributed by atoms with E-state index in [-0.39, 0.29) is 11.9 Å². The van der Waals surface area contributed by atoms with E-state index in [0.29, 0.717) is 0 Å². The van der Waals surface area contributed by atoms with Gasteiger partial charge < -0.3 is 15.5 Å². The lowest BCUT2D eigenvalue weighted by Crippen LogP contribution is -2.35. The van der Waals surface area contributed by atoms with E-state index in [1.807, 2.05) is 12.1 Å². The highest BCUT2D eigenvalue weighted by Crippen LogP contribution is 2.23. The van der Waals surface area contributed by atoms with Crippen molar-refractivity contribution in [3.63, 3.8) is 0 Å². The minimum absolute atomic E-state index is 0.0198. The summed E-state index contributed by atoms with van der Waals surface area (Å²) >= 11 is 0. The summed E-state index contributed by atoms with van der Waals surface area (Å²) in [7, 11) is 0. The van der Waals surface area contributed by atoms with Crippen molar-refractivity contribution in [1.29, 1.82) is 0 Å². The van der Waals surface area contributed by atoms with Crippen molar-refractivity contribution < 1.29 is 4.79 Å². The fourth-order valence-electron chi connectivity index (χ4n) is 3.07. The minimum atomic E-state index is -0.0198. The fourth-order valence-corrected chi connectivity index (χ4v) is 3.07. The third-order valence-electron chi connectivity index (χ3n) is 4.21. The standard InChI is InChI=1S/C16H23N3O/c20-16(15-8-5-9-17-15)18-13-6-4-7-14(12-13)19-10-2-1-3-11-19/h4,6-7,12,15,17H,1-3,5,8-11H2,(H,18,20)/t15-/m0/s1. The summed E-state index contributed by atoms with van der Waals surface area (Å²) in [5.41, 5.74) is 2.13. The van der Waals surface area contributed by atoms with Crippen LogP contribution in [0.25, 0.3) is 0 Å². The summed E-state index contributed by atoms with van der Waals surface area (Å²) in [5.74, 6) is 0.0956. The van der Waals surface area contributed by atoms with Crippen LogP contribution in [-0.4, -0.2) is 31.6 Å². The molecule has 2 heterocycles. The summed E-state index contributed by atoms with van der Waals surface area (Å²) < 4.78 is 0. The van der Waals surface area contributed by atoms with Gasteiger partial charge in [-0.1, -0.05) is 6.07 Å². The van der Waals surface area contributed by atoms with E-state index >= 15 is 0 Å². The first kappa shape index (κ1) is 13.4. The number of benzene rings is 1. The van der Waals surface area contributed by atoms with Gasteiger partial charge in [0.15, 0.2) is 0 Å². The number of amides is 1. The van der Waals surface area contributed by atoms with E-state index in [1.54, 1.807) is 0 Å². The van der Waals surface area contributed by atoms with E-state index in [9.17, 15) is 4.79 Å². The second kappa shape index (κ2) is 6.27. The highest BCUT2D eigenvalue weighted by atomic mass is 16.2. The zero-order valence-corrected chi connectivity index (χ0v) is 11.9. The van der Waals surface area contributed by atoms with Crippen LogP contribution in [-0.2, 0) is 4.79 Å². The number of rotatable bonds is 3. The average molecular weight is 273 g/mol. The van der Waals surface area contributed by atoms with Gasteiger partial charge in [0.05, 0.1) is 6.04 Å². The van der Waals surface area contributed by atoms with Gasteiger partial charge >= 0.3 is 0 Å². The number of carbonyl (C=O) groups is 1.